The molecular formula is C22H20N4O3. The summed E-state index contributed by atoms with van der Waals surface area (Å²) < 4.78 is 4.93. The summed E-state index contributed by atoms with van der Waals surface area (Å²) in [5.74, 6) is -1.40. The second kappa shape index (κ2) is 10.3. The summed E-state index contributed by atoms with van der Waals surface area (Å²) in [5, 5.41) is 20.5. The number of hydrogen-bond donors (Lipinski definition) is 1. The van der Waals surface area contributed by atoms with Crippen molar-refractivity contribution in [1.82, 2.24) is 0 Å². The Kier molecular flexibility index (Phi) is 7.52. The molecule has 0 unspecified atom stereocenters. The molecule has 2 rings (SSSR count). The average molecular weight is 388 g/mol. The molecule has 0 aliphatic heterocycles. The Labute approximate surface area is 169 Å². The van der Waals surface area contributed by atoms with E-state index in [9.17, 15) is 14.9 Å². The Bertz CT molecular complexity index is 979. The first kappa shape index (κ1) is 21.2. The van der Waals surface area contributed by atoms with Crippen LogP contribution >= 0.6 is 0 Å². The fourth-order valence-electron chi connectivity index (χ4n) is 2.38. The van der Waals surface area contributed by atoms with Crippen LogP contribution < -0.4 is 10.2 Å². The number of anilines is 2. The smallest absolute Gasteiger partial charge is 0.349 e. The van der Waals surface area contributed by atoms with Crippen LogP contribution in [0.1, 0.15) is 11.1 Å². The van der Waals surface area contributed by atoms with Gasteiger partial charge in [-0.3, -0.25) is 4.79 Å². The van der Waals surface area contributed by atoms with Crippen molar-refractivity contribution in [3.05, 3.63) is 65.2 Å². The Balaban J connectivity index is 1.92. The number of benzene rings is 2. The van der Waals surface area contributed by atoms with Crippen LogP contribution in [0.4, 0.5) is 11.4 Å². The lowest BCUT2D eigenvalue weighted by Gasteiger charge is -2.11. The van der Waals surface area contributed by atoms with E-state index in [0.717, 1.165) is 11.3 Å². The number of nitriles is 2. The van der Waals surface area contributed by atoms with E-state index in [1.165, 1.54) is 6.08 Å². The maximum absolute atomic E-state index is 12.1. The molecule has 1 amide bonds. The zero-order valence-electron chi connectivity index (χ0n) is 16.2. The van der Waals surface area contributed by atoms with E-state index < -0.39 is 18.5 Å². The van der Waals surface area contributed by atoms with Gasteiger partial charge in [-0.05, 0) is 41.5 Å². The molecule has 0 heterocycles. The minimum atomic E-state index is -0.872. The Morgan fingerprint density at radius 1 is 1.07 bits per heavy atom. The lowest BCUT2D eigenvalue weighted by atomic mass is 10.1. The monoisotopic (exact) mass is 388 g/mol. The summed E-state index contributed by atoms with van der Waals surface area (Å²) in [7, 11) is 3.82. The highest BCUT2D eigenvalue weighted by Crippen LogP contribution is 2.15. The van der Waals surface area contributed by atoms with Gasteiger partial charge in [0.1, 0.15) is 11.6 Å². The molecule has 0 aliphatic rings. The number of esters is 1. The number of ether oxygens (including phenoxy) is 1. The van der Waals surface area contributed by atoms with Crippen molar-refractivity contribution >= 4 is 29.3 Å². The summed E-state index contributed by atoms with van der Waals surface area (Å²) in [4.78, 5) is 26.0. The third-order valence-electron chi connectivity index (χ3n) is 3.92. The van der Waals surface area contributed by atoms with E-state index in [-0.39, 0.29) is 12.0 Å². The van der Waals surface area contributed by atoms with E-state index in [2.05, 4.69) is 5.32 Å². The van der Waals surface area contributed by atoms with Gasteiger partial charge in [0, 0.05) is 25.5 Å². The molecule has 7 nitrogen and oxygen atoms in total. The van der Waals surface area contributed by atoms with Gasteiger partial charge in [-0.25, -0.2) is 4.79 Å². The van der Waals surface area contributed by atoms with Gasteiger partial charge in [0.25, 0.3) is 5.91 Å². The quantitative estimate of drug-likeness (QED) is 0.444. The van der Waals surface area contributed by atoms with Crippen LogP contribution in [-0.2, 0) is 20.7 Å². The molecule has 0 radical (unpaired) electrons. The molecule has 2 aromatic rings. The molecule has 0 bridgehead atoms. The van der Waals surface area contributed by atoms with Crippen molar-refractivity contribution in [1.29, 1.82) is 10.5 Å². The first-order valence-corrected chi connectivity index (χ1v) is 8.75. The van der Waals surface area contributed by atoms with E-state index in [1.807, 2.05) is 37.2 Å². The van der Waals surface area contributed by atoms with Crippen LogP contribution in [0.5, 0.6) is 0 Å². The minimum Gasteiger partial charge on any atom is -0.451 e. The molecule has 2 aromatic carbocycles. The molecule has 0 fully saturated rings. The second-order valence-corrected chi connectivity index (χ2v) is 6.31. The number of amides is 1. The summed E-state index contributed by atoms with van der Waals surface area (Å²) in [5.41, 5.74) is 2.81. The highest BCUT2D eigenvalue weighted by Gasteiger charge is 2.13. The fourth-order valence-corrected chi connectivity index (χ4v) is 2.38. The summed E-state index contributed by atoms with van der Waals surface area (Å²) >= 11 is 0. The molecule has 0 spiro atoms. The molecular weight excluding hydrogens is 368 g/mol. The molecule has 0 aromatic heterocycles. The Hall–Kier alpha value is -4.10. The topological polar surface area (TPSA) is 106 Å². The molecule has 0 saturated heterocycles. The van der Waals surface area contributed by atoms with Gasteiger partial charge in [-0.2, -0.15) is 10.5 Å². The highest BCUT2D eigenvalue weighted by atomic mass is 16.5. The van der Waals surface area contributed by atoms with Crippen LogP contribution in [0.15, 0.2) is 54.1 Å². The number of rotatable bonds is 7. The van der Waals surface area contributed by atoms with Crippen molar-refractivity contribution in [2.75, 3.05) is 30.9 Å². The van der Waals surface area contributed by atoms with Gasteiger partial charge >= 0.3 is 5.97 Å². The van der Waals surface area contributed by atoms with Crippen LogP contribution in [-0.4, -0.2) is 32.6 Å². The van der Waals surface area contributed by atoms with Crippen LogP contribution in [0.3, 0.4) is 0 Å². The minimum absolute atomic E-state index is 0.198. The predicted molar refractivity (Wildman–Crippen MR) is 110 cm³/mol. The molecule has 0 saturated carbocycles. The van der Waals surface area contributed by atoms with Gasteiger partial charge in [0.05, 0.1) is 12.5 Å². The average Bonchev–Trinajstić information content (AvgIpc) is 2.72. The molecule has 7 heteroatoms. The zero-order valence-corrected chi connectivity index (χ0v) is 16.2. The molecule has 146 valence electrons. The van der Waals surface area contributed by atoms with Gasteiger partial charge < -0.3 is 15.0 Å². The number of carbonyl (C=O) groups is 2. The Morgan fingerprint density at radius 3 is 2.28 bits per heavy atom. The van der Waals surface area contributed by atoms with Crippen LogP contribution in [0.2, 0.25) is 0 Å². The fraction of sp³-hybridized carbons (Fsp3) is 0.182. The molecule has 1 N–H and O–H groups in total. The third-order valence-corrected chi connectivity index (χ3v) is 3.92. The van der Waals surface area contributed by atoms with Crippen molar-refractivity contribution in [2.24, 2.45) is 0 Å². The maximum Gasteiger partial charge on any atom is 0.349 e. The van der Waals surface area contributed by atoms with E-state index >= 15 is 0 Å². The van der Waals surface area contributed by atoms with Crippen LogP contribution in [0.25, 0.3) is 6.08 Å². The lowest BCUT2D eigenvalue weighted by Crippen LogP contribution is -2.21. The van der Waals surface area contributed by atoms with Gasteiger partial charge in [-0.15, -0.1) is 0 Å². The van der Waals surface area contributed by atoms with Crippen molar-refractivity contribution in [3.8, 4) is 12.1 Å². The summed E-state index contributed by atoms with van der Waals surface area (Å²) in [6.45, 7) is -0.517. The standard InChI is InChI=1S/C22H20N4O3/c1-26(2)20-9-5-17(6-10-20)13-18(14-24)22(28)29-15-21(27)25-19-7-3-16(4-8-19)11-12-23/h3-10,13H,11,15H2,1-2H3,(H,25,27)/b18-13+. The predicted octanol–water partition coefficient (Wildman–Crippen LogP) is 2.91. The normalized spacial score (nSPS) is 10.4. The summed E-state index contributed by atoms with van der Waals surface area (Å²) in [6.07, 6.45) is 1.70. The summed E-state index contributed by atoms with van der Waals surface area (Å²) in [6, 6.07) is 17.9. The van der Waals surface area contributed by atoms with Crippen molar-refractivity contribution < 1.29 is 14.3 Å². The van der Waals surface area contributed by atoms with Gasteiger partial charge in [0.15, 0.2) is 6.61 Å². The van der Waals surface area contributed by atoms with E-state index in [0.29, 0.717) is 11.3 Å². The second-order valence-electron chi connectivity index (χ2n) is 6.31. The maximum atomic E-state index is 12.1. The molecule has 0 atom stereocenters. The van der Waals surface area contributed by atoms with E-state index in [1.54, 1.807) is 42.5 Å². The SMILES string of the molecule is CN(C)c1ccc(/C=C(\C#N)C(=O)OCC(=O)Nc2ccc(CC#N)cc2)cc1. The first-order chi connectivity index (χ1) is 13.9. The van der Waals surface area contributed by atoms with Crippen molar-refractivity contribution in [2.45, 2.75) is 6.42 Å². The molecule has 29 heavy (non-hydrogen) atoms. The number of nitrogens with one attached hydrogen (secondary N) is 1. The zero-order chi connectivity index (χ0) is 21.2. The third kappa shape index (κ3) is 6.53. The largest absolute Gasteiger partial charge is 0.451 e. The number of carbonyl (C=O) groups excluding carboxylic acids is 2. The van der Waals surface area contributed by atoms with Gasteiger partial charge in [0.2, 0.25) is 0 Å². The number of nitrogens with zero attached hydrogens (tertiary/aromatic N) is 3. The van der Waals surface area contributed by atoms with Crippen molar-refractivity contribution in [3.63, 3.8) is 0 Å². The number of hydrogen-bond acceptors (Lipinski definition) is 6. The van der Waals surface area contributed by atoms with Crippen LogP contribution in [0, 0.1) is 22.7 Å². The first-order valence-electron chi connectivity index (χ1n) is 8.75. The van der Waals surface area contributed by atoms with Gasteiger partial charge in [-0.1, -0.05) is 24.3 Å². The molecule has 0 aliphatic carbocycles. The highest BCUT2D eigenvalue weighted by molar-refractivity contribution is 6.00. The Morgan fingerprint density at radius 2 is 1.72 bits per heavy atom. The van der Waals surface area contributed by atoms with E-state index in [4.69, 9.17) is 10.00 Å². The lowest BCUT2D eigenvalue weighted by molar-refractivity contribution is -0.142.